The molecule has 114 valence electrons. The standard InChI is InChI=1S/C14H18N2O4S/c1-15-12(17)7-16-13(18)8-21-14(16)9-4-5-10(19-2)11(6-9)20-3/h4-6,14H,7-8H2,1-3H3,(H,15,17). The number of likely N-dealkylation sites (N-methyl/N-ethyl adjacent to an activating group) is 1. The highest BCUT2D eigenvalue weighted by Crippen LogP contribution is 2.41. The largest absolute Gasteiger partial charge is 0.493 e. The molecule has 2 rings (SSSR count). The Hall–Kier alpha value is -1.89. The SMILES string of the molecule is CNC(=O)CN1C(=O)CSC1c1ccc(OC)c(OC)c1. The van der Waals surface area contributed by atoms with Crippen molar-refractivity contribution in [3.05, 3.63) is 23.8 Å². The van der Waals surface area contributed by atoms with Gasteiger partial charge in [-0.15, -0.1) is 11.8 Å². The van der Waals surface area contributed by atoms with E-state index in [0.717, 1.165) is 5.56 Å². The number of thioether (sulfide) groups is 1. The third-order valence-corrected chi connectivity index (χ3v) is 4.51. The van der Waals surface area contributed by atoms with Gasteiger partial charge in [-0.25, -0.2) is 0 Å². The van der Waals surface area contributed by atoms with Crippen molar-refractivity contribution >= 4 is 23.6 Å². The lowest BCUT2D eigenvalue weighted by Crippen LogP contribution is -2.37. The zero-order valence-corrected chi connectivity index (χ0v) is 13.0. The third-order valence-electron chi connectivity index (χ3n) is 3.25. The molecule has 0 aromatic heterocycles. The minimum atomic E-state index is -0.186. The summed E-state index contributed by atoms with van der Waals surface area (Å²) in [6.07, 6.45) is 0. The van der Waals surface area contributed by atoms with Crippen molar-refractivity contribution in [3.63, 3.8) is 0 Å². The van der Waals surface area contributed by atoms with Gasteiger partial charge in [-0.05, 0) is 17.7 Å². The van der Waals surface area contributed by atoms with E-state index in [9.17, 15) is 9.59 Å². The van der Waals surface area contributed by atoms with Crippen molar-refractivity contribution in [1.29, 1.82) is 0 Å². The molecule has 6 nitrogen and oxygen atoms in total. The minimum Gasteiger partial charge on any atom is -0.493 e. The second-order valence-electron chi connectivity index (χ2n) is 4.47. The van der Waals surface area contributed by atoms with Gasteiger partial charge < -0.3 is 19.7 Å². The number of carbonyl (C=O) groups excluding carboxylic acids is 2. The summed E-state index contributed by atoms with van der Waals surface area (Å²) in [5.41, 5.74) is 0.910. The molecule has 1 aliphatic heterocycles. The molecule has 1 aromatic rings. The van der Waals surface area contributed by atoms with Gasteiger partial charge >= 0.3 is 0 Å². The number of hydrogen-bond acceptors (Lipinski definition) is 5. The summed E-state index contributed by atoms with van der Waals surface area (Å²) in [6, 6.07) is 5.52. The summed E-state index contributed by atoms with van der Waals surface area (Å²) in [6.45, 7) is 0.0569. The van der Waals surface area contributed by atoms with E-state index in [2.05, 4.69) is 5.32 Å². The van der Waals surface area contributed by atoms with Crippen molar-refractivity contribution < 1.29 is 19.1 Å². The lowest BCUT2D eigenvalue weighted by atomic mass is 10.1. The Morgan fingerprint density at radius 3 is 2.71 bits per heavy atom. The van der Waals surface area contributed by atoms with Crippen LogP contribution in [0.5, 0.6) is 11.5 Å². The first-order valence-electron chi connectivity index (χ1n) is 6.44. The predicted molar refractivity (Wildman–Crippen MR) is 80.5 cm³/mol. The maximum absolute atomic E-state index is 12.0. The van der Waals surface area contributed by atoms with Gasteiger partial charge in [0.15, 0.2) is 11.5 Å². The van der Waals surface area contributed by atoms with Gasteiger partial charge in [-0.1, -0.05) is 6.07 Å². The maximum Gasteiger partial charge on any atom is 0.239 e. The number of hydrogen-bond donors (Lipinski definition) is 1. The number of nitrogens with zero attached hydrogens (tertiary/aromatic N) is 1. The minimum absolute atomic E-state index is 0.0385. The smallest absolute Gasteiger partial charge is 0.239 e. The number of ether oxygens (including phenoxy) is 2. The molecule has 0 bridgehead atoms. The molecule has 1 aliphatic rings. The molecule has 2 amide bonds. The average Bonchev–Trinajstić information content (AvgIpc) is 2.87. The van der Waals surface area contributed by atoms with Gasteiger partial charge in [0.1, 0.15) is 11.9 Å². The highest BCUT2D eigenvalue weighted by Gasteiger charge is 2.34. The van der Waals surface area contributed by atoms with Crippen molar-refractivity contribution in [2.75, 3.05) is 33.6 Å². The molecule has 1 heterocycles. The number of methoxy groups -OCH3 is 2. The van der Waals surface area contributed by atoms with Crippen LogP contribution in [0.25, 0.3) is 0 Å². The molecule has 0 spiro atoms. The number of amides is 2. The van der Waals surface area contributed by atoms with Crippen LogP contribution in [0.3, 0.4) is 0 Å². The van der Waals surface area contributed by atoms with E-state index in [-0.39, 0.29) is 23.7 Å². The van der Waals surface area contributed by atoms with Crippen LogP contribution in [-0.4, -0.2) is 50.3 Å². The summed E-state index contributed by atoms with van der Waals surface area (Å²) in [7, 11) is 4.70. The fourth-order valence-electron chi connectivity index (χ4n) is 2.14. The van der Waals surface area contributed by atoms with Gasteiger partial charge in [0.05, 0.1) is 20.0 Å². The van der Waals surface area contributed by atoms with Crippen LogP contribution in [0, 0.1) is 0 Å². The topological polar surface area (TPSA) is 67.9 Å². The van der Waals surface area contributed by atoms with Gasteiger partial charge in [0.25, 0.3) is 0 Å². The summed E-state index contributed by atoms with van der Waals surface area (Å²) >= 11 is 1.50. The molecule has 0 saturated carbocycles. The summed E-state index contributed by atoms with van der Waals surface area (Å²) in [4.78, 5) is 25.1. The lowest BCUT2D eigenvalue weighted by molar-refractivity contribution is -0.133. The predicted octanol–water partition coefficient (Wildman–Crippen LogP) is 1.02. The molecule has 7 heteroatoms. The van der Waals surface area contributed by atoms with Crippen LogP contribution in [-0.2, 0) is 9.59 Å². The Balaban J connectivity index is 2.27. The molecule has 1 aromatic carbocycles. The Kier molecular flexibility index (Phi) is 4.95. The van der Waals surface area contributed by atoms with Gasteiger partial charge in [-0.2, -0.15) is 0 Å². The first-order chi connectivity index (χ1) is 10.1. The molecule has 1 unspecified atom stereocenters. The summed E-state index contributed by atoms with van der Waals surface area (Å²) < 4.78 is 10.5. The van der Waals surface area contributed by atoms with Crippen molar-refractivity contribution in [3.8, 4) is 11.5 Å². The first kappa shape index (κ1) is 15.5. The van der Waals surface area contributed by atoms with Crippen LogP contribution in [0.4, 0.5) is 0 Å². The Labute approximate surface area is 127 Å². The Morgan fingerprint density at radius 2 is 2.10 bits per heavy atom. The van der Waals surface area contributed by atoms with E-state index < -0.39 is 0 Å². The van der Waals surface area contributed by atoms with E-state index in [1.807, 2.05) is 12.1 Å². The fraction of sp³-hybridized carbons (Fsp3) is 0.429. The van der Waals surface area contributed by atoms with Crippen LogP contribution >= 0.6 is 11.8 Å². The quantitative estimate of drug-likeness (QED) is 0.879. The highest BCUT2D eigenvalue weighted by molar-refractivity contribution is 8.00. The van der Waals surface area contributed by atoms with E-state index in [0.29, 0.717) is 17.3 Å². The molecule has 1 fully saturated rings. The van der Waals surface area contributed by atoms with Crippen molar-refractivity contribution in [2.45, 2.75) is 5.37 Å². The second kappa shape index (κ2) is 6.71. The molecule has 21 heavy (non-hydrogen) atoms. The lowest BCUT2D eigenvalue weighted by Gasteiger charge is -2.24. The van der Waals surface area contributed by atoms with Gasteiger partial charge in [0, 0.05) is 7.05 Å². The molecular formula is C14H18N2O4S. The third kappa shape index (κ3) is 3.24. The molecular weight excluding hydrogens is 292 g/mol. The van der Waals surface area contributed by atoms with E-state index >= 15 is 0 Å². The van der Waals surface area contributed by atoms with Gasteiger partial charge in [0.2, 0.25) is 11.8 Å². The molecule has 0 radical (unpaired) electrons. The highest BCUT2D eigenvalue weighted by atomic mass is 32.2. The average molecular weight is 310 g/mol. The second-order valence-corrected chi connectivity index (χ2v) is 5.54. The number of benzene rings is 1. The molecule has 1 atom stereocenters. The normalized spacial score (nSPS) is 17.8. The van der Waals surface area contributed by atoms with E-state index in [1.54, 1.807) is 32.2 Å². The molecule has 1 saturated heterocycles. The van der Waals surface area contributed by atoms with Crippen molar-refractivity contribution in [2.24, 2.45) is 0 Å². The summed E-state index contributed by atoms with van der Waals surface area (Å²) in [5, 5.41) is 2.35. The monoisotopic (exact) mass is 310 g/mol. The van der Waals surface area contributed by atoms with Crippen LogP contribution < -0.4 is 14.8 Å². The fourth-order valence-corrected chi connectivity index (χ4v) is 3.32. The molecule has 0 aliphatic carbocycles. The summed E-state index contributed by atoms with van der Waals surface area (Å²) in [5.74, 6) is 1.39. The number of nitrogens with one attached hydrogen (secondary N) is 1. The van der Waals surface area contributed by atoms with Crippen LogP contribution in [0.2, 0.25) is 0 Å². The zero-order valence-electron chi connectivity index (χ0n) is 12.2. The first-order valence-corrected chi connectivity index (χ1v) is 7.49. The maximum atomic E-state index is 12.0. The Bertz CT molecular complexity index is 550. The zero-order chi connectivity index (χ0) is 15.4. The molecule has 1 N–H and O–H groups in total. The van der Waals surface area contributed by atoms with Gasteiger partial charge in [-0.3, -0.25) is 9.59 Å². The van der Waals surface area contributed by atoms with E-state index in [1.165, 1.54) is 11.8 Å². The number of rotatable bonds is 5. The van der Waals surface area contributed by atoms with Crippen molar-refractivity contribution in [1.82, 2.24) is 10.2 Å². The Morgan fingerprint density at radius 1 is 1.38 bits per heavy atom. The van der Waals surface area contributed by atoms with Crippen LogP contribution in [0.1, 0.15) is 10.9 Å². The van der Waals surface area contributed by atoms with E-state index in [4.69, 9.17) is 9.47 Å². The number of carbonyl (C=O) groups is 2. The van der Waals surface area contributed by atoms with Crippen LogP contribution in [0.15, 0.2) is 18.2 Å².